The monoisotopic (exact) mass is 170 g/mol. The van der Waals surface area contributed by atoms with E-state index in [-0.39, 0.29) is 5.97 Å². The van der Waals surface area contributed by atoms with Crippen LogP contribution >= 0.6 is 0 Å². The highest BCUT2D eigenvalue weighted by molar-refractivity contribution is 6.05. The van der Waals surface area contributed by atoms with Gasteiger partial charge < -0.3 is 4.65 Å². The standard InChI is InChI=1S/C9H19BO2/c1-2-3-4-5-6-7-8-9(11)12-10/h2-8,10H2,1H3. The van der Waals surface area contributed by atoms with Crippen molar-refractivity contribution < 1.29 is 9.45 Å². The number of rotatable bonds is 7. The van der Waals surface area contributed by atoms with Crippen LogP contribution in [0.4, 0.5) is 0 Å². The Hall–Kier alpha value is -0.465. The molecule has 0 aromatic heterocycles. The summed E-state index contributed by atoms with van der Waals surface area (Å²) in [5.41, 5.74) is 0. The molecule has 0 aliphatic rings. The van der Waals surface area contributed by atoms with E-state index in [0.717, 1.165) is 12.8 Å². The second-order valence-corrected chi connectivity index (χ2v) is 3.09. The van der Waals surface area contributed by atoms with E-state index in [9.17, 15) is 4.79 Å². The Morgan fingerprint density at radius 2 is 1.75 bits per heavy atom. The average molecular weight is 170 g/mol. The van der Waals surface area contributed by atoms with Crippen molar-refractivity contribution in [3.8, 4) is 0 Å². The minimum Gasteiger partial charge on any atom is -0.543 e. The van der Waals surface area contributed by atoms with Gasteiger partial charge in [0, 0.05) is 6.42 Å². The Kier molecular flexibility index (Phi) is 8.30. The molecule has 70 valence electrons. The summed E-state index contributed by atoms with van der Waals surface area (Å²) in [6.45, 7) is 2.20. The van der Waals surface area contributed by atoms with E-state index in [2.05, 4.69) is 11.6 Å². The molecule has 0 radical (unpaired) electrons. The molecule has 0 bridgehead atoms. The van der Waals surface area contributed by atoms with Crippen LogP contribution in [0.15, 0.2) is 0 Å². The molecule has 3 heteroatoms. The maximum absolute atomic E-state index is 10.7. The molecule has 0 aliphatic heterocycles. The first-order valence-corrected chi connectivity index (χ1v) is 4.88. The minimum absolute atomic E-state index is 0.0782. The van der Waals surface area contributed by atoms with Crippen LogP contribution in [0.3, 0.4) is 0 Å². The Morgan fingerprint density at radius 1 is 1.17 bits per heavy atom. The van der Waals surface area contributed by atoms with Gasteiger partial charge in [0.15, 0.2) is 0 Å². The second-order valence-electron chi connectivity index (χ2n) is 3.09. The third kappa shape index (κ3) is 7.64. The van der Waals surface area contributed by atoms with Gasteiger partial charge in [0.25, 0.3) is 5.97 Å². The Morgan fingerprint density at radius 3 is 2.33 bits per heavy atom. The van der Waals surface area contributed by atoms with Crippen LogP contribution in [0, 0.1) is 0 Å². The van der Waals surface area contributed by atoms with Crippen molar-refractivity contribution in [1.29, 1.82) is 0 Å². The molecule has 0 spiro atoms. The first-order valence-electron chi connectivity index (χ1n) is 4.88. The molecule has 0 saturated heterocycles. The molecule has 0 heterocycles. The van der Waals surface area contributed by atoms with E-state index in [1.807, 2.05) is 0 Å². The van der Waals surface area contributed by atoms with Crippen molar-refractivity contribution in [3.63, 3.8) is 0 Å². The van der Waals surface area contributed by atoms with Crippen LogP contribution in [0.1, 0.15) is 51.9 Å². The summed E-state index contributed by atoms with van der Waals surface area (Å²) in [6.07, 6.45) is 7.88. The summed E-state index contributed by atoms with van der Waals surface area (Å²) in [4.78, 5) is 10.7. The summed E-state index contributed by atoms with van der Waals surface area (Å²) < 4.78 is 4.54. The molecule has 0 unspecified atom stereocenters. The van der Waals surface area contributed by atoms with Crippen LogP contribution in [-0.4, -0.2) is 14.0 Å². The van der Waals surface area contributed by atoms with E-state index < -0.39 is 0 Å². The summed E-state index contributed by atoms with van der Waals surface area (Å²) in [5, 5.41) is 0. The van der Waals surface area contributed by atoms with Gasteiger partial charge in [0.1, 0.15) is 0 Å². The van der Waals surface area contributed by atoms with Gasteiger partial charge in [-0.25, -0.2) is 0 Å². The molecule has 0 rings (SSSR count). The number of carbonyl (C=O) groups is 1. The molecule has 0 aromatic carbocycles. The van der Waals surface area contributed by atoms with Crippen LogP contribution in [0.2, 0.25) is 0 Å². The molecule has 12 heavy (non-hydrogen) atoms. The van der Waals surface area contributed by atoms with Gasteiger partial charge in [-0.15, -0.1) is 0 Å². The minimum atomic E-state index is -0.0782. The van der Waals surface area contributed by atoms with Crippen molar-refractivity contribution in [2.24, 2.45) is 0 Å². The van der Waals surface area contributed by atoms with Gasteiger partial charge in [-0.1, -0.05) is 39.0 Å². The average Bonchev–Trinajstić information content (AvgIpc) is 2.10. The van der Waals surface area contributed by atoms with E-state index in [4.69, 9.17) is 0 Å². The van der Waals surface area contributed by atoms with Crippen molar-refractivity contribution >= 4 is 14.0 Å². The van der Waals surface area contributed by atoms with Crippen LogP contribution in [-0.2, 0) is 9.45 Å². The second kappa shape index (κ2) is 8.63. The predicted octanol–water partition coefficient (Wildman–Crippen LogP) is 1.83. The largest absolute Gasteiger partial charge is 0.543 e. The van der Waals surface area contributed by atoms with Gasteiger partial charge in [0.2, 0.25) is 0 Å². The zero-order valence-electron chi connectivity index (χ0n) is 8.27. The van der Waals surface area contributed by atoms with Crippen molar-refractivity contribution in [2.75, 3.05) is 0 Å². The Balaban J connectivity index is 2.95. The summed E-state index contributed by atoms with van der Waals surface area (Å²) >= 11 is 0. The smallest absolute Gasteiger partial charge is 0.325 e. The quantitative estimate of drug-likeness (QED) is 0.430. The molecule has 0 aromatic rings. The lowest BCUT2D eigenvalue weighted by atomic mass is 10.1. The number of hydrogen-bond donors (Lipinski definition) is 0. The van der Waals surface area contributed by atoms with Gasteiger partial charge in [-0.2, -0.15) is 0 Å². The molecule has 0 N–H and O–H groups in total. The number of carbonyl (C=O) groups excluding carboxylic acids is 1. The van der Waals surface area contributed by atoms with Gasteiger partial charge in [-0.3, -0.25) is 4.79 Å². The molecule has 0 atom stereocenters. The third-order valence-corrected chi connectivity index (χ3v) is 1.96. The molecule has 0 saturated carbocycles. The molecular formula is C9H19BO2. The summed E-state index contributed by atoms with van der Waals surface area (Å²) in [7, 11) is 1.44. The molecule has 0 aliphatic carbocycles. The van der Waals surface area contributed by atoms with Crippen molar-refractivity contribution in [3.05, 3.63) is 0 Å². The third-order valence-electron chi connectivity index (χ3n) is 1.96. The van der Waals surface area contributed by atoms with E-state index in [0.29, 0.717) is 6.42 Å². The van der Waals surface area contributed by atoms with Crippen molar-refractivity contribution in [1.82, 2.24) is 0 Å². The summed E-state index contributed by atoms with van der Waals surface area (Å²) in [6, 6.07) is 0. The fraction of sp³-hybridized carbons (Fsp3) is 0.889. The highest BCUT2D eigenvalue weighted by Gasteiger charge is 1.97. The van der Waals surface area contributed by atoms with Crippen LogP contribution in [0.5, 0.6) is 0 Å². The summed E-state index contributed by atoms with van der Waals surface area (Å²) in [5.74, 6) is -0.0782. The first kappa shape index (κ1) is 11.5. The maximum atomic E-state index is 10.7. The maximum Gasteiger partial charge on any atom is 0.325 e. The van der Waals surface area contributed by atoms with Gasteiger partial charge in [-0.05, 0) is 6.42 Å². The number of hydrogen-bond acceptors (Lipinski definition) is 2. The first-order chi connectivity index (χ1) is 5.81. The fourth-order valence-corrected chi connectivity index (χ4v) is 1.15. The van der Waals surface area contributed by atoms with Crippen LogP contribution < -0.4 is 0 Å². The Labute approximate surface area is 76.1 Å². The zero-order chi connectivity index (χ0) is 9.23. The normalized spacial score (nSPS) is 9.75. The molecule has 0 fully saturated rings. The zero-order valence-corrected chi connectivity index (χ0v) is 8.27. The fourth-order valence-electron chi connectivity index (χ4n) is 1.15. The van der Waals surface area contributed by atoms with E-state index in [1.54, 1.807) is 0 Å². The lowest BCUT2D eigenvalue weighted by Gasteiger charge is -1.99. The predicted molar refractivity (Wildman–Crippen MR) is 52.6 cm³/mol. The van der Waals surface area contributed by atoms with Gasteiger partial charge >= 0.3 is 8.05 Å². The Bertz CT molecular complexity index is 115. The van der Waals surface area contributed by atoms with Crippen LogP contribution in [0.25, 0.3) is 0 Å². The van der Waals surface area contributed by atoms with E-state index >= 15 is 0 Å². The lowest BCUT2D eigenvalue weighted by Crippen LogP contribution is -2.00. The molecule has 2 nitrogen and oxygen atoms in total. The SMILES string of the molecule is BOC(=O)CCCCCCCC. The lowest BCUT2D eigenvalue weighted by molar-refractivity contribution is -0.134. The number of unbranched alkanes of at least 4 members (excludes halogenated alkanes) is 5. The molecular weight excluding hydrogens is 151 g/mol. The molecule has 0 amide bonds. The van der Waals surface area contributed by atoms with Gasteiger partial charge in [0.05, 0.1) is 0 Å². The topological polar surface area (TPSA) is 26.3 Å². The highest BCUT2D eigenvalue weighted by atomic mass is 16.5. The van der Waals surface area contributed by atoms with E-state index in [1.165, 1.54) is 33.7 Å². The highest BCUT2D eigenvalue weighted by Crippen LogP contribution is 2.06. The van der Waals surface area contributed by atoms with Crippen molar-refractivity contribution in [2.45, 2.75) is 51.9 Å².